The van der Waals surface area contributed by atoms with Crippen molar-refractivity contribution in [3.05, 3.63) is 45.8 Å². The Morgan fingerprint density at radius 2 is 2.08 bits per heavy atom. The third kappa shape index (κ3) is 2.78. The summed E-state index contributed by atoms with van der Waals surface area (Å²) in [6.45, 7) is 2.07. The van der Waals surface area contributed by atoms with Gasteiger partial charge in [0.1, 0.15) is 0 Å². The van der Waals surface area contributed by atoms with E-state index in [1.54, 1.807) is 6.92 Å². The van der Waals surface area contributed by atoms with E-state index in [0.717, 1.165) is 11.1 Å². The van der Waals surface area contributed by atoms with E-state index in [4.69, 9.17) is 5.53 Å². The van der Waals surface area contributed by atoms with Crippen molar-refractivity contribution in [3.63, 3.8) is 0 Å². The van der Waals surface area contributed by atoms with Gasteiger partial charge >= 0.3 is 0 Å². The van der Waals surface area contributed by atoms with Crippen molar-refractivity contribution in [2.75, 3.05) is 0 Å². The second kappa shape index (κ2) is 4.50. The van der Waals surface area contributed by atoms with Crippen LogP contribution in [0.25, 0.3) is 10.4 Å². The molecule has 1 rings (SSSR count). The van der Waals surface area contributed by atoms with E-state index in [1.807, 2.05) is 24.3 Å². The quantitative estimate of drug-likeness (QED) is 0.430. The number of azide groups is 1. The second-order valence-corrected chi connectivity index (χ2v) is 2.81. The minimum absolute atomic E-state index is 0.358. The van der Waals surface area contributed by atoms with Crippen LogP contribution >= 0.6 is 0 Å². The van der Waals surface area contributed by atoms with Crippen LogP contribution in [0.5, 0.6) is 0 Å². The van der Waals surface area contributed by atoms with Gasteiger partial charge in [-0.1, -0.05) is 29.4 Å². The number of aliphatic hydroxyl groups excluding tert-OH is 1. The molecule has 0 bridgehead atoms. The van der Waals surface area contributed by atoms with Crippen molar-refractivity contribution >= 4 is 0 Å². The molecular formula is C9H11N3O. The van der Waals surface area contributed by atoms with Crippen LogP contribution in [0.4, 0.5) is 0 Å². The SMILES string of the molecule is CC(O)c1ccc(CN=[N+]=[N-])cc1. The third-order valence-electron chi connectivity index (χ3n) is 1.78. The molecule has 0 amide bonds. The molecule has 0 saturated heterocycles. The van der Waals surface area contributed by atoms with Crippen LogP contribution in [0.3, 0.4) is 0 Å². The molecule has 0 saturated carbocycles. The van der Waals surface area contributed by atoms with Crippen molar-refractivity contribution in [2.24, 2.45) is 5.11 Å². The number of hydrogen-bond donors (Lipinski definition) is 1. The first-order chi connectivity index (χ1) is 6.24. The van der Waals surface area contributed by atoms with E-state index in [9.17, 15) is 5.11 Å². The maximum Gasteiger partial charge on any atom is 0.0761 e. The Kier molecular flexibility index (Phi) is 3.31. The lowest BCUT2D eigenvalue weighted by molar-refractivity contribution is 0.199. The van der Waals surface area contributed by atoms with Crippen molar-refractivity contribution in [3.8, 4) is 0 Å². The van der Waals surface area contributed by atoms with Crippen LogP contribution in [-0.4, -0.2) is 5.11 Å². The molecule has 0 radical (unpaired) electrons. The predicted octanol–water partition coefficient (Wildman–Crippen LogP) is 2.55. The summed E-state index contributed by atoms with van der Waals surface area (Å²) in [5, 5.41) is 12.6. The van der Waals surface area contributed by atoms with E-state index < -0.39 is 6.10 Å². The first kappa shape index (κ1) is 9.58. The molecule has 1 aromatic carbocycles. The maximum absolute atomic E-state index is 9.21. The Hall–Kier alpha value is -1.51. The fourth-order valence-electron chi connectivity index (χ4n) is 1.01. The zero-order valence-electron chi connectivity index (χ0n) is 7.38. The standard InChI is InChI=1S/C9H11N3O/c1-7(13)9-4-2-8(3-5-9)6-11-12-10/h2-5,7,13H,6H2,1H3. The first-order valence-corrected chi connectivity index (χ1v) is 4.02. The zero-order valence-corrected chi connectivity index (χ0v) is 7.38. The van der Waals surface area contributed by atoms with Gasteiger partial charge in [0.15, 0.2) is 0 Å². The van der Waals surface area contributed by atoms with E-state index in [1.165, 1.54) is 0 Å². The summed E-state index contributed by atoms with van der Waals surface area (Å²) in [6.07, 6.45) is -0.450. The van der Waals surface area contributed by atoms with Crippen LogP contribution in [-0.2, 0) is 6.54 Å². The van der Waals surface area contributed by atoms with Crippen molar-refractivity contribution in [1.29, 1.82) is 0 Å². The third-order valence-corrected chi connectivity index (χ3v) is 1.78. The molecule has 0 aliphatic heterocycles. The van der Waals surface area contributed by atoms with Gasteiger partial charge in [0, 0.05) is 4.91 Å². The smallest absolute Gasteiger partial charge is 0.0761 e. The van der Waals surface area contributed by atoms with Crippen LogP contribution in [0.15, 0.2) is 29.4 Å². The van der Waals surface area contributed by atoms with Crippen molar-refractivity contribution in [1.82, 2.24) is 0 Å². The van der Waals surface area contributed by atoms with E-state index in [2.05, 4.69) is 10.0 Å². The molecular weight excluding hydrogens is 166 g/mol. The number of rotatable bonds is 3. The molecule has 0 aliphatic carbocycles. The number of benzene rings is 1. The van der Waals surface area contributed by atoms with Gasteiger partial charge in [-0.3, -0.25) is 0 Å². The fourth-order valence-corrected chi connectivity index (χ4v) is 1.01. The Balaban J connectivity index is 2.75. The average molecular weight is 177 g/mol. The number of nitrogens with zero attached hydrogens (tertiary/aromatic N) is 3. The highest BCUT2D eigenvalue weighted by atomic mass is 16.3. The van der Waals surface area contributed by atoms with Gasteiger partial charge in [-0.25, -0.2) is 0 Å². The number of hydrogen-bond acceptors (Lipinski definition) is 2. The largest absolute Gasteiger partial charge is 0.389 e. The average Bonchev–Trinajstić information content (AvgIpc) is 2.15. The van der Waals surface area contributed by atoms with Crippen LogP contribution in [0, 0.1) is 0 Å². The molecule has 0 aliphatic rings. The summed E-state index contributed by atoms with van der Waals surface area (Å²) in [5.74, 6) is 0. The van der Waals surface area contributed by atoms with Crippen LogP contribution in [0.2, 0.25) is 0 Å². The zero-order chi connectivity index (χ0) is 9.68. The van der Waals surface area contributed by atoms with Crippen LogP contribution < -0.4 is 0 Å². The Bertz CT molecular complexity index is 312. The molecule has 1 N–H and O–H groups in total. The van der Waals surface area contributed by atoms with E-state index in [0.29, 0.717) is 6.54 Å². The van der Waals surface area contributed by atoms with Gasteiger partial charge in [0.05, 0.1) is 12.6 Å². The Morgan fingerprint density at radius 1 is 1.46 bits per heavy atom. The molecule has 4 heteroatoms. The fraction of sp³-hybridized carbons (Fsp3) is 0.333. The molecule has 13 heavy (non-hydrogen) atoms. The van der Waals surface area contributed by atoms with Gasteiger partial charge in [-0.05, 0) is 23.6 Å². The maximum atomic E-state index is 9.21. The number of aliphatic hydroxyl groups is 1. The first-order valence-electron chi connectivity index (χ1n) is 4.02. The topological polar surface area (TPSA) is 69.0 Å². The normalized spacial score (nSPS) is 11.8. The summed E-state index contributed by atoms with van der Waals surface area (Å²) in [4.78, 5) is 2.66. The molecule has 0 spiro atoms. The minimum atomic E-state index is -0.450. The molecule has 1 aromatic rings. The summed E-state index contributed by atoms with van der Waals surface area (Å²) in [7, 11) is 0. The lowest BCUT2D eigenvalue weighted by Crippen LogP contribution is -1.90. The molecule has 1 unspecified atom stereocenters. The highest BCUT2D eigenvalue weighted by Crippen LogP contribution is 2.12. The van der Waals surface area contributed by atoms with Gasteiger partial charge in [0.2, 0.25) is 0 Å². The molecule has 68 valence electrons. The molecule has 4 nitrogen and oxygen atoms in total. The van der Waals surface area contributed by atoms with Gasteiger partial charge in [-0.2, -0.15) is 0 Å². The molecule has 0 fully saturated rings. The summed E-state index contributed by atoms with van der Waals surface area (Å²) >= 11 is 0. The van der Waals surface area contributed by atoms with Gasteiger partial charge < -0.3 is 5.11 Å². The van der Waals surface area contributed by atoms with Crippen molar-refractivity contribution in [2.45, 2.75) is 19.6 Å². The minimum Gasteiger partial charge on any atom is -0.389 e. The summed E-state index contributed by atoms with van der Waals surface area (Å²) < 4.78 is 0. The highest BCUT2D eigenvalue weighted by Gasteiger charge is 1.98. The lowest BCUT2D eigenvalue weighted by atomic mass is 10.1. The summed E-state index contributed by atoms with van der Waals surface area (Å²) in [5.41, 5.74) is 9.90. The van der Waals surface area contributed by atoms with Gasteiger partial charge in [-0.15, -0.1) is 0 Å². The van der Waals surface area contributed by atoms with E-state index >= 15 is 0 Å². The molecule has 1 atom stereocenters. The summed E-state index contributed by atoms with van der Waals surface area (Å²) in [6, 6.07) is 7.34. The molecule has 0 aromatic heterocycles. The van der Waals surface area contributed by atoms with Crippen LogP contribution in [0.1, 0.15) is 24.2 Å². The Labute approximate surface area is 76.5 Å². The monoisotopic (exact) mass is 177 g/mol. The lowest BCUT2D eigenvalue weighted by Gasteiger charge is -2.04. The van der Waals surface area contributed by atoms with Gasteiger partial charge in [0.25, 0.3) is 0 Å². The Morgan fingerprint density at radius 3 is 2.54 bits per heavy atom. The predicted molar refractivity (Wildman–Crippen MR) is 49.9 cm³/mol. The second-order valence-electron chi connectivity index (χ2n) is 2.81. The highest BCUT2D eigenvalue weighted by molar-refractivity contribution is 5.23. The van der Waals surface area contributed by atoms with Crippen molar-refractivity contribution < 1.29 is 5.11 Å². The van der Waals surface area contributed by atoms with E-state index in [-0.39, 0.29) is 0 Å². The molecule has 0 heterocycles.